The summed E-state index contributed by atoms with van der Waals surface area (Å²) < 4.78 is 0.917. The average molecular weight is 462 g/mol. The number of nitrogens with zero attached hydrogens (tertiary/aromatic N) is 1. The van der Waals surface area contributed by atoms with Gasteiger partial charge in [0.25, 0.3) is 11.6 Å². The number of nitrogens with one attached hydrogen (secondary N) is 2. The van der Waals surface area contributed by atoms with Gasteiger partial charge >= 0.3 is 0 Å². The Morgan fingerprint density at radius 1 is 1.38 bits per heavy atom. The van der Waals surface area contributed by atoms with E-state index in [1.165, 1.54) is 18.2 Å². The van der Waals surface area contributed by atoms with E-state index in [2.05, 4.69) is 33.4 Å². The monoisotopic (exact) mass is 461 g/mol. The lowest BCUT2D eigenvalue weighted by Crippen LogP contribution is -2.24. The van der Waals surface area contributed by atoms with Gasteiger partial charge in [0.1, 0.15) is 5.69 Å². The van der Waals surface area contributed by atoms with Crippen LogP contribution >= 0.6 is 34.2 Å². The lowest BCUT2D eigenvalue weighted by Gasteiger charge is -2.13. The smallest absolute Gasteiger partial charge is 0.293 e. The molecule has 2 N–H and O–H groups in total. The fourth-order valence-electron chi connectivity index (χ4n) is 1.93. The fraction of sp³-hybridized carbons (Fsp3) is 0.133. The zero-order chi connectivity index (χ0) is 17.7. The quantitative estimate of drug-likeness (QED) is 0.380. The Hall–Kier alpha value is -1.91. The highest BCUT2D eigenvalue weighted by Gasteiger charge is 2.22. The first-order valence-corrected chi connectivity index (χ1v) is 8.31. The van der Waals surface area contributed by atoms with E-state index in [1.807, 2.05) is 0 Å². The van der Waals surface area contributed by atoms with Gasteiger partial charge in [0.15, 0.2) is 0 Å². The van der Waals surface area contributed by atoms with E-state index in [1.54, 1.807) is 25.1 Å². The summed E-state index contributed by atoms with van der Waals surface area (Å²) in [6, 6.07) is 9.39. The molecule has 0 bridgehead atoms. The summed E-state index contributed by atoms with van der Waals surface area (Å²) in [7, 11) is 0. The summed E-state index contributed by atoms with van der Waals surface area (Å²) >= 11 is 8.27. The third-order valence-corrected chi connectivity index (χ3v) is 3.97. The Morgan fingerprint density at radius 3 is 2.75 bits per heavy atom. The number of rotatable bonds is 6. The van der Waals surface area contributed by atoms with Crippen molar-refractivity contribution in [3.63, 3.8) is 0 Å². The van der Waals surface area contributed by atoms with Crippen LogP contribution in [-0.2, 0) is 4.84 Å². The van der Waals surface area contributed by atoms with Crippen molar-refractivity contribution in [2.45, 2.75) is 6.92 Å². The van der Waals surface area contributed by atoms with Crippen molar-refractivity contribution >= 4 is 57.2 Å². The zero-order valence-electron chi connectivity index (χ0n) is 12.5. The van der Waals surface area contributed by atoms with Crippen LogP contribution in [0.3, 0.4) is 0 Å². The summed E-state index contributed by atoms with van der Waals surface area (Å²) in [5.74, 6) is -0.593. The normalized spacial score (nSPS) is 10.3. The van der Waals surface area contributed by atoms with E-state index >= 15 is 0 Å². The summed E-state index contributed by atoms with van der Waals surface area (Å²) in [5, 5.41) is 14.6. The molecule has 2 rings (SSSR count). The van der Waals surface area contributed by atoms with Crippen LogP contribution in [0.1, 0.15) is 17.3 Å². The van der Waals surface area contributed by atoms with Gasteiger partial charge in [0.05, 0.1) is 27.8 Å². The maximum absolute atomic E-state index is 12.2. The van der Waals surface area contributed by atoms with Crippen molar-refractivity contribution in [2.24, 2.45) is 0 Å². The second-order valence-electron chi connectivity index (χ2n) is 4.57. The van der Waals surface area contributed by atoms with Crippen molar-refractivity contribution in [2.75, 3.05) is 11.9 Å². The molecule has 0 aliphatic rings. The predicted octanol–water partition coefficient (Wildman–Crippen LogP) is 4.28. The Bertz CT molecular complexity index is 785. The molecule has 2 aromatic carbocycles. The van der Waals surface area contributed by atoms with E-state index in [4.69, 9.17) is 16.4 Å². The number of anilines is 2. The largest absolute Gasteiger partial charge is 0.348 e. The molecule has 0 saturated heterocycles. The summed E-state index contributed by atoms with van der Waals surface area (Å²) in [5.41, 5.74) is 2.56. The lowest BCUT2D eigenvalue weighted by molar-refractivity contribution is -0.383. The van der Waals surface area contributed by atoms with Gasteiger partial charge in [-0.15, -0.1) is 0 Å². The van der Waals surface area contributed by atoms with Gasteiger partial charge in [0.2, 0.25) is 0 Å². The van der Waals surface area contributed by atoms with Gasteiger partial charge in [-0.3, -0.25) is 19.7 Å². The van der Waals surface area contributed by atoms with E-state index in [0.717, 1.165) is 3.57 Å². The first-order valence-electron chi connectivity index (χ1n) is 6.85. The predicted molar refractivity (Wildman–Crippen MR) is 99.6 cm³/mol. The Labute approximate surface area is 156 Å². The molecular formula is C15H13ClIN3O4. The third kappa shape index (κ3) is 4.34. The minimum Gasteiger partial charge on any atom is -0.348 e. The molecule has 0 radical (unpaired) electrons. The Morgan fingerprint density at radius 2 is 2.12 bits per heavy atom. The minimum absolute atomic E-state index is 0.0443. The van der Waals surface area contributed by atoms with Crippen LogP contribution in [0, 0.1) is 13.7 Å². The molecule has 0 unspecified atom stereocenters. The SMILES string of the molecule is CCONC(=O)c1cccc([N+](=O)[O-])c1Nc1ccc(I)cc1Cl. The summed E-state index contributed by atoms with van der Waals surface area (Å²) in [6.45, 7) is 1.98. The molecule has 0 spiro atoms. The molecule has 1 amide bonds. The van der Waals surface area contributed by atoms with E-state index in [-0.39, 0.29) is 23.5 Å². The highest BCUT2D eigenvalue weighted by atomic mass is 127. The Balaban J connectivity index is 2.48. The number of carbonyl (C=O) groups excluding carboxylic acids is 1. The van der Waals surface area contributed by atoms with Gasteiger partial charge in [-0.2, -0.15) is 0 Å². The molecule has 0 aliphatic heterocycles. The van der Waals surface area contributed by atoms with Crippen LogP contribution in [0.15, 0.2) is 36.4 Å². The Kier molecular flexibility index (Phi) is 6.35. The number of hydroxylamine groups is 1. The molecule has 0 atom stereocenters. The standard InChI is InChI=1S/C15H13ClIN3O4/c1-2-24-19-15(21)10-4-3-5-13(20(22)23)14(10)18-12-7-6-9(17)8-11(12)16/h3-8,18H,2H2,1H3,(H,19,21). The van der Waals surface area contributed by atoms with Gasteiger partial charge in [-0.1, -0.05) is 17.7 Å². The maximum atomic E-state index is 12.2. The zero-order valence-corrected chi connectivity index (χ0v) is 15.4. The number of para-hydroxylation sites is 1. The third-order valence-electron chi connectivity index (χ3n) is 2.98. The van der Waals surface area contributed by atoms with Crippen molar-refractivity contribution in [3.8, 4) is 0 Å². The first-order chi connectivity index (χ1) is 11.4. The average Bonchev–Trinajstić information content (AvgIpc) is 2.55. The number of amides is 1. The van der Waals surface area contributed by atoms with Crippen molar-refractivity contribution in [1.29, 1.82) is 0 Å². The molecule has 9 heteroatoms. The molecule has 0 heterocycles. The number of benzene rings is 2. The van der Waals surface area contributed by atoms with Gasteiger partial charge < -0.3 is 5.32 Å². The highest BCUT2D eigenvalue weighted by molar-refractivity contribution is 14.1. The molecule has 7 nitrogen and oxygen atoms in total. The number of nitro benzene ring substituents is 1. The number of carbonyl (C=O) groups is 1. The van der Waals surface area contributed by atoms with Gasteiger partial charge in [-0.05, 0) is 53.8 Å². The topological polar surface area (TPSA) is 93.5 Å². The molecule has 24 heavy (non-hydrogen) atoms. The van der Waals surface area contributed by atoms with E-state index < -0.39 is 10.8 Å². The molecule has 0 saturated carbocycles. The molecule has 126 valence electrons. The van der Waals surface area contributed by atoms with Crippen molar-refractivity contribution in [3.05, 3.63) is 60.7 Å². The van der Waals surface area contributed by atoms with E-state index in [9.17, 15) is 14.9 Å². The van der Waals surface area contributed by atoms with Crippen LogP contribution in [0.25, 0.3) is 0 Å². The molecule has 2 aromatic rings. The van der Waals surface area contributed by atoms with E-state index in [0.29, 0.717) is 10.7 Å². The summed E-state index contributed by atoms with van der Waals surface area (Å²) in [6.07, 6.45) is 0. The minimum atomic E-state index is -0.593. The second-order valence-corrected chi connectivity index (χ2v) is 6.22. The fourth-order valence-corrected chi connectivity index (χ4v) is 2.83. The van der Waals surface area contributed by atoms with Gasteiger partial charge in [0, 0.05) is 9.64 Å². The number of nitro groups is 1. The van der Waals surface area contributed by atoms with Crippen LogP contribution in [0.4, 0.5) is 17.1 Å². The van der Waals surface area contributed by atoms with Crippen LogP contribution in [0.5, 0.6) is 0 Å². The number of hydrogen-bond donors (Lipinski definition) is 2. The molecular weight excluding hydrogens is 449 g/mol. The second kappa shape index (κ2) is 8.27. The molecule has 0 aromatic heterocycles. The number of halogens is 2. The van der Waals surface area contributed by atoms with Crippen LogP contribution in [0.2, 0.25) is 5.02 Å². The lowest BCUT2D eigenvalue weighted by atomic mass is 10.1. The van der Waals surface area contributed by atoms with Crippen LogP contribution < -0.4 is 10.8 Å². The van der Waals surface area contributed by atoms with Crippen molar-refractivity contribution < 1.29 is 14.6 Å². The first kappa shape index (κ1) is 18.4. The van der Waals surface area contributed by atoms with Crippen molar-refractivity contribution in [1.82, 2.24) is 5.48 Å². The van der Waals surface area contributed by atoms with Gasteiger partial charge in [-0.25, -0.2) is 5.48 Å². The summed E-state index contributed by atoms with van der Waals surface area (Å²) in [4.78, 5) is 27.8. The highest BCUT2D eigenvalue weighted by Crippen LogP contribution is 2.34. The molecule has 0 fully saturated rings. The molecule has 0 aliphatic carbocycles. The number of hydrogen-bond acceptors (Lipinski definition) is 5. The maximum Gasteiger partial charge on any atom is 0.293 e. The van der Waals surface area contributed by atoms with Crippen LogP contribution in [-0.4, -0.2) is 17.4 Å².